The van der Waals surface area contributed by atoms with E-state index in [4.69, 9.17) is 0 Å². The molecule has 0 amide bonds. The predicted octanol–water partition coefficient (Wildman–Crippen LogP) is 1.27. The highest BCUT2D eigenvalue weighted by molar-refractivity contribution is 5.03. The summed E-state index contributed by atoms with van der Waals surface area (Å²) in [5.41, 5.74) is 0. The molecule has 1 aliphatic rings. The van der Waals surface area contributed by atoms with E-state index < -0.39 is 4.87 Å². The number of hydrogen-bond donors (Lipinski definition) is 0. The highest BCUT2D eigenvalue weighted by Crippen LogP contribution is 2.09. The summed E-state index contributed by atoms with van der Waals surface area (Å²) in [5, 5.41) is 10.3. The van der Waals surface area contributed by atoms with E-state index in [9.17, 15) is 9.69 Å². The molecule has 1 unspecified atom stereocenters. The maximum Gasteiger partial charge on any atom is 0.138 e. The first-order valence-corrected chi connectivity index (χ1v) is 2.33. The lowest BCUT2D eigenvalue weighted by molar-refractivity contribution is -0.967. The van der Waals surface area contributed by atoms with Gasteiger partial charge in [0.2, 0.25) is 0 Å². The van der Waals surface area contributed by atoms with E-state index in [1.165, 1.54) is 12.2 Å². The minimum atomic E-state index is -1.77. The van der Waals surface area contributed by atoms with E-state index in [1.807, 2.05) is 0 Å². The average molecular weight is 115 g/mol. The molecule has 1 atom stereocenters. The van der Waals surface area contributed by atoms with Gasteiger partial charge in [0.25, 0.3) is 0 Å². The number of quaternary nitrogens is 1. The second-order valence-corrected chi connectivity index (χ2v) is 1.66. The SMILES string of the molecule is [O-][N+]1(F)C=CC=CC1. The van der Waals surface area contributed by atoms with Crippen molar-refractivity contribution in [3.8, 4) is 0 Å². The van der Waals surface area contributed by atoms with E-state index in [0.717, 1.165) is 6.20 Å². The van der Waals surface area contributed by atoms with E-state index in [1.54, 1.807) is 6.08 Å². The van der Waals surface area contributed by atoms with Gasteiger partial charge in [0.15, 0.2) is 0 Å². The van der Waals surface area contributed by atoms with Gasteiger partial charge < -0.3 is 5.21 Å². The van der Waals surface area contributed by atoms with Crippen LogP contribution in [0, 0.1) is 5.21 Å². The van der Waals surface area contributed by atoms with Crippen LogP contribution in [0.5, 0.6) is 0 Å². The maximum atomic E-state index is 12.1. The summed E-state index contributed by atoms with van der Waals surface area (Å²) in [5.74, 6) is 0. The Kier molecular flexibility index (Phi) is 1.15. The second-order valence-electron chi connectivity index (χ2n) is 1.66. The zero-order valence-electron chi connectivity index (χ0n) is 4.25. The Morgan fingerprint density at radius 1 is 1.50 bits per heavy atom. The molecule has 0 aromatic heterocycles. The highest BCUT2D eigenvalue weighted by atomic mass is 19.2. The molecule has 0 saturated heterocycles. The molecule has 0 bridgehead atoms. The lowest BCUT2D eigenvalue weighted by Gasteiger charge is -2.24. The molecule has 3 heteroatoms. The third-order valence-electron chi connectivity index (χ3n) is 0.910. The number of allylic oxidation sites excluding steroid dienone is 2. The summed E-state index contributed by atoms with van der Waals surface area (Å²) >= 11 is 0. The van der Waals surface area contributed by atoms with Gasteiger partial charge in [-0.15, -0.1) is 4.87 Å². The zero-order valence-corrected chi connectivity index (χ0v) is 4.25. The fourth-order valence-corrected chi connectivity index (χ4v) is 0.522. The van der Waals surface area contributed by atoms with Crippen LogP contribution in [0.3, 0.4) is 0 Å². The smallest absolute Gasteiger partial charge is 0.138 e. The molecule has 44 valence electrons. The van der Waals surface area contributed by atoms with Crippen LogP contribution in [0.25, 0.3) is 0 Å². The Labute approximate surface area is 46.6 Å². The molecular formula is C5H6FNO. The molecule has 0 radical (unpaired) electrons. The molecule has 8 heavy (non-hydrogen) atoms. The highest BCUT2D eigenvalue weighted by Gasteiger charge is 2.10. The molecule has 0 aromatic rings. The van der Waals surface area contributed by atoms with Crippen molar-refractivity contribution in [2.75, 3.05) is 6.54 Å². The molecule has 1 aliphatic heterocycles. The van der Waals surface area contributed by atoms with Gasteiger partial charge in [0.05, 0.1) is 0 Å². The van der Waals surface area contributed by atoms with Crippen molar-refractivity contribution in [1.29, 1.82) is 0 Å². The van der Waals surface area contributed by atoms with Crippen molar-refractivity contribution in [3.05, 3.63) is 29.6 Å². The summed E-state index contributed by atoms with van der Waals surface area (Å²) in [4.78, 5) is -1.77. The Hall–Kier alpha value is -0.670. The molecule has 0 N–H and O–H groups in total. The van der Waals surface area contributed by atoms with Gasteiger partial charge in [-0.25, -0.2) is 0 Å². The van der Waals surface area contributed by atoms with Gasteiger partial charge in [-0.3, -0.25) is 0 Å². The van der Waals surface area contributed by atoms with Crippen molar-refractivity contribution in [2.24, 2.45) is 0 Å². The van der Waals surface area contributed by atoms with E-state index in [-0.39, 0.29) is 6.54 Å². The molecular weight excluding hydrogens is 109 g/mol. The summed E-state index contributed by atoms with van der Waals surface area (Å²) < 4.78 is 12.1. The molecule has 0 aliphatic carbocycles. The third kappa shape index (κ3) is 1.15. The van der Waals surface area contributed by atoms with E-state index >= 15 is 0 Å². The minimum Gasteiger partial charge on any atom is -0.588 e. The lowest BCUT2D eigenvalue weighted by atomic mass is 10.4. The van der Waals surface area contributed by atoms with Crippen LogP contribution in [0.2, 0.25) is 0 Å². The Morgan fingerprint density at radius 2 is 2.25 bits per heavy atom. The Balaban J connectivity index is 2.65. The molecule has 0 spiro atoms. The number of hydrogen-bond acceptors (Lipinski definition) is 1. The molecule has 1 rings (SSSR count). The first-order valence-electron chi connectivity index (χ1n) is 2.33. The van der Waals surface area contributed by atoms with Gasteiger partial charge in [-0.1, -0.05) is 6.08 Å². The zero-order chi connectivity index (χ0) is 6.04. The standard InChI is InChI=1S/C5H6FNO/c6-7(8)4-2-1-3-5-7/h1-4H,5H2. The number of halogens is 1. The van der Waals surface area contributed by atoms with Crippen molar-refractivity contribution in [1.82, 2.24) is 0 Å². The topological polar surface area (TPSA) is 23.1 Å². The normalized spacial score (nSPS) is 35.8. The Morgan fingerprint density at radius 3 is 2.50 bits per heavy atom. The van der Waals surface area contributed by atoms with Crippen molar-refractivity contribution >= 4 is 0 Å². The van der Waals surface area contributed by atoms with Crippen LogP contribution in [0.4, 0.5) is 4.48 Å². The summed E-state index contributed by atoms with van der Waals surface area (Å²) in [6.45, 7) is -0.101. The predicted molar refractivity (Wildman–Crippen MR) is 27.9 cm³/mol. The van der Waals surface area contributed by atoms with E-state index in [2.05, 4.69) is 0 Å². The summed E-state index contributed by atoms with van der Waals surface area (Å²) in [6.07, 6.45) is 5.50. The monoisotopic (exact) mass is 115 g/mol. The molecule has 0 saturated carbocycles. The van der Waals surface area contributed by atoms with Crippen LogP contribution in [-0.2, 0) is 0 Å². The molecule has 2 nitrogen and oxygen atoms in total. The molecule has 1 heterocycles. The number of rotatable bonds is 0. The van der Waals surface area contributed by atoms with Gasteiger partial charge in [0.1, 0.15) is 12.7 Å². The fourth-order valence-electron chi connectivity index (χ4n) is 0.522. The van der Waals surface area contributed by atoms with Gasteiger partial charge in [-0.05, 0) is 12.2 Å². The van der Waals surface area contributed by atoms with Gasteiger partial charge in [0, 0.05) is 4.48 Å². The fraction of sp³-hybridized carbons (Fsp3) is 0.200. The summed E-state index contributed by atoms with van der Waals surface area (Å²) in [7, 11) is 0. The van der Waals surface area contributed by atoms with Crippen molar-refractivity contribution in [3.63, 3.8) is 0 Å². The van der Waals surface area contributed by atoms with Crippen LogP contribution in [0.15, 0.2) is 24.4 Å². The maximum absolute atomic E-state index is 12.1. The first-order chi connectivity index (χ1) is 3.71. The van der Waals surface area contributed by atoms with Crippen molar-refractivity contribution in [2.45, 2.75) is 0 Å². The number of nitrogens with zero attached hydrogens (tertiary/aromatic N) is 1. The molecule has 0 aromatic carbocycles. The summed E-state index contributed by atoms with van der Waals surface area (Å²) in [6, 6.07) is 0. The van der Waals surface area contributed by atoms with Gasteiger partial charge in [-0.2, -0.15) is 0 Å². The third-order valence-corrected chi connectivity index (χ3v) is 0.910. The number of hydroxylamine groups is 2. The van der Waals surface area contributed by atoms with Gasteiger partial charge >= 0.3 is 0 Å². The quantitative estimate of drug-likeness (QED) is 0.344. The first kappa shape index (κ1) is 5.47. The Bertz CT molecular complexity index is 139. The van der Waals surface area contributed by atoms with Crippen LogP contribution >= 0.6 is 0 Å². The van der Waals surface area contributed by atoms with Crippen molar-refractivity contribution < 1.29 is 9.35 Å². The van der Waals surface area contributed by atoms with Crippen LogP contribution in [0.1, 0.15) is 0 Å². The minimum absolute atomic E-state index is 0.101. The lowest BCUT2D eigenvalue weighted by Crippen LogP contribution is -2.26. The van der Waals surface area contributed by atoms with Crippen LogP contribution in [-0.4, -0.2) is 11.4 Å². The second kappa shape index (κ2) is 1.69. The average Bonchev–Trinajstić information content (AvgIpc) is 1.65. The van der Waals surface area contributed by atoms with E-state index in [0.29, 0.717) is 0 Å². The van der Waals surface area contributed by atoms with Crippen LogP contribution < -0.4 is 0 Å². The molecule has 0 fully saturated rings. The largest absolute Gasteiger partial charge is 0.588 e.